The van der Waals surface area contributed by atoms with E-state index >= 15 is 0 Å². The van der Waals surface area contributed by atoms with Gasteiger partial charge >= 0.3 is 0 Å². The van der Waals surface area contributed by atoms with Crippen molar-refractivity contribution in [3.63, 3.8) is 0 Å². The first-order chi connectivity index (χ1) is 9.08. The van der Waals surface area contributed by atoms with Crippen molar-refractivity contribution < 1.29 is 4.92 Å². The molecular weight excluding hydrogens is 242 g/mol. The lowest BCUT2D eigenvalue weighted by molar-refractivity contribution is -0.384. The van der Waals surface area contributed by atoms with Gasteiger partial charge in [-0.1, -0.05) is 25.7 Å². The third-order valence-corrected chi connectivity index (χ3v) is 3.92. The summed E-state index contributed by atoms with van der Waals surface area (Å²) in [5.41, 5.74) is 7.12. The molecule has 1 aliphatic rings. The summed E-state index contributed by atoms with van der Waals surface area (Å²) >= 11 is 0. The van der Waals surface area contributed by atoms with Gasteiger partial charge in [0.15, 0.2) is 0 Å². The normalized spacial score (nSPS) is 16.9. The second-order valence-corrected chi connectivity index (χ2v) is 5.30. The summed E-state index contributed by atoms with van der Waals surface area (Å²) in [5.74, 6) is 0. The lowest BCUT2D eigenvalue weighted by atomic mass is 10.1. The van der Waals surface area contributed by atoms with Gasteiger partial charge in [-0.05, 0) is 18.9 Å². The number of nitro benzene ring substituents is 1. The van der Waals surface area contributed by atoms with Crippen LogP contribution in [0.1, 0.15) is 38.5 Å². The lowest BCUT2D eigenvalue weighted by Crippen LogP contribution is -2.31. The fourth-order valence-corrected chi connectivity index (χ4v) is 2.78. The van der Waals surface area contributed by atoms with Gasteiger partial charge in [-0.2, -0.15) is 0 Å². The Kier molecular flexibility index (Phi) is 4.24. The summed E-state index contributed by atoms with van der Waals surface area (Å²) in [4.78, 5) is 12.7. The zero-order valence-electron chi connectivity index (χ0n) is 11.3. The van der Waals surface area contributed by atoms with Gasteiger partial charge in [0.1, 0.15) is 0 Å². The van der Waals surface area contributed by atoms with Crippen molar-refractivity contribution in [2.45, 2.75) is 44.6 Å². The van der Waals surface area contributed by atoms with Crippen LogP contribution < -0.4 is 10.6 Å². The second kappa shape index (κ2) is 5.91. The van der Waals surface area contributed by atoms with Crippen molar-refractivity contribution in [3.8, 4) is 0 Å². The summed E-state index contributed by atoms with van der Waals surface area (Å²) < 4.78 is 0. The summed E-state index contributed by atoms with van der Waals surface area (Å²) in [5, 5.41) is 10.9. The molecule has 0 heterocycles. The Morgan fingerprint density at radius 3 is 2.42 bits per heavy atom. The number of nitrogen functional groups attached to an aromatic ring is 1. The number of hydrogen-bond donors (Lipinski definition) is 1. The largest absolute Gasteiger partial charge is 0.398 e. The molecule has 0 aliphatic heterocycles. The van der Waals surface area contributed by atoms with Crippen LogP contribution in [0.15, 0.2) is 18.2 Å². The third-order valence-electron chi connectivity index (χ3n) is 3.92. The quantitative estimate of drug-likeness (QED) is 0.393. The zero-order valence-corrected chi connectivity index (χ0v) is 11.3. The molecule has 5 heteroatoms. The van der Waals surface area contributed by atoms with Crippen molar-refractivity contribution in [1.29, 1.82) is 0 Å². The minimum Gasteiger partial charge on any atom is -0.398 e. The second-order valence-electron chi connectivity index (χ2n) is 5.30. The maximum atomic E-state index is 10.9. The maximum absolute atomic E-state index is 10.9. The molecule has 1 saturated carbocycles. The average molecular weight is 263 g/mol. The summed E-state index contributed by atoms with van der Waals surface area (Å²) in [6.45, 7) is 0. The predicted molar refractivity (Wildman–Crippen MR) is 77.4 cm³/mol. The maximum Gasteiger partial charge on any atom is 0.273 e. The average Bonchev–Trinajstić information content (AvgIpc) is 2.65. The molecule has 1 aromatic rings. The van der Waals surface area contributed by atoms with Gasteiger partial charge in [0, 0.05) is 36.6 Å². The minimum absolute atomic E-state index is 0.0653. The number of nitrogens with zero attached hydrogens (tertiary/aromatic N) is 2. The third kappa shape index (κ3) is 3.36. The standard InChI is InChI=1S/C14H21N3O2/c1-16(12-6-4-2-3-5-7-12)13-8-11(15)9-14(10-13)17(18)19/h8-10,12H,2-7,15H2,1H3. The summed E-state index contributed by atoms with van der Waals surface area (Å²) in [7, 11) is 2.01. The molecule has 2 N–H and O–H groups in total. The van der Waals surface area contributed by atoms with E-state index < -0.39 is 0 Å². The SMILES string of the molecule is CN(c1cc(N)cc([N+](=O)[O-])c1)C1CCCCCC1. The molecule has 1 aromatic carbocycles. The molecule has 19 heavy (non-hydrogen) atoms. The van der Waals surface area contributed by atoms with Gasteiger partial charge in [0.2, 0.25) is 0 Å². The monoisotopic (exact) mass is 263 g/mol. The molecule has 0 bridgehead atoms. The Bertz CT molecular complexity index is 454. The first kappa shape index (κ1) is 13.6. The van der Waals surface area contributed by atoms with Gasteiger partial charge in [0.25, 0.3) is 5.69 Å². The van der Waals surface area contributed by atoms with Crippen LogP contribution in [-0.4, -0.2) is 18.0 Å². The van der Waals surface area contributed by atoms with Gasteiger partial charge in [0.05, 0.1) is 4.92 Å². The van der Waals surface area contributed by atoms with Crippen LogP contribution in [0.3, 0.4) is 0 Å². The van der Waals surface area contributed by atoms with E-state index in [0.29, 0.717) is 11.7 Å². The van der Waals surface area contributed by atoms with E-state index in [0.717, 1.165) is 18.5 Å². The first-order valence-electron chi connectivity index (χ1n) is 6.85. The molecule has 0 radical (unpaired) electrons. The molecule has 2 rings (SSSR count). The van der Waals surface area contributed by atoms with Gasteiger partial charge in [-0.15, -0.1) is 0 Å². The number of rotatable bonds is 3. The van der Waals surface area contributed by atoms with E-state index in [9.17, 15) is 10.1 Å². The number of benzene rings is 1. The molecule has 0 unspecified atom stereocenters. The molecule has 0 amide bonds. The van der Waals surface area contributed by atoms with Crippen LogP contribution in [0.5, 0.6) is 0 Å². The first-order valence-corrected chi connectivity index (χ1v) is 6.85. The molecule has 0 spiro atoms. The molecular formula is C14H21N3O2. The van der Waals surface area contributed by atoms with Crippen LogP contribution >= 0.6 is 0 Å². The van der Waals surface area contributed by atoms with Crippen molar-refractivity contribution in [1.82, 2.24) is 0 Å². The Morgan fingerprint density at radius 2 is 1.84 bits per heavy atom. The number of anilines is 2. The van der Waals surface area contributed by atoms with Crippen molar-refractivity contribution in [2.24, 2.45) is 0 Å². The highest BCUT2D eigenvalue weighted by Crippen LogP contribution is 2.29. The van der Waals surface area contributed by atoms with Crippen molar-refractivity contribution in [2.75, 3.05) is 17.7 Å². The molecule has 1 aliphatic carbocycles. The molecule has 5 nitrogen and oxygen atoms in total. The fraction of sp³-hybridized carbons (Fsp3) is 0.571. The Morgan fingerprint density at radius 1 is 1.21 bits per heavy atom. The van der Waals surface area contributed by atoms with E-state index in [-0.39, 0.29) is 10.6 Å². The molecule has 0 saturated heterocycles. The summed E-state index contributed by atoms with van der Waals surface area (Å²) in [6.07, 6.45) is 7.36. The van der Waals surface area contributed by atoms with Crippen LogP contribution in [0.25, 0.3) is 0 Å². The molecule has 104 valence electrons. The van der Waals surface area contributed by atoms with E-state index in [4.69, 9.17) is 5.73 Å². The smallest absolute Gasteiger partial charge is 0.273 e. The van der Waals surface area contributed by atoms with Gasteiger partial charge in [-0.25, -0.2) is 0 Å². The Labute approximate surface area is 113 Å². The van der Waals surface area contributed by atoms with E-state index in [1.54, 1.807) is 6.07 Å². The number of nitrogens with two attached hydrogens (primary N) is 1. The Balaban J connectivity index is 2.21. The van der Waals surface area contributed by atoms with E-state index in [1.807, 2.05) is 13.1 Å². The van der Waals surface area contributed by atoms with E-state index in [2.05, 4.69) is 4.90 Å². The van der Waals surface area contributed by atoms with Crippen LogP contribution in [0.2, 0.25) is 0 Å². The van der Waals surface area contributed by atoms with Gasteiger partial charge in [-0.3, -0.25) is 10.1 Å². The van der Waals surface area contributed by atoms with Crippen LogP contribution in [0, 0.1) is 10.1 Å². The Hall–Kier alpha value is -1.78. The van der Waals surface area contributed by atoms with Crippen molar-refractivity contribution in [3.05, 3.63) is 28.3 Å². The zero-order chi connectivity index (χ0) is 13.8. The highest BCUT2D eigenvalue weighted by Gasteiger charge is 2.19. The highest BCUT2D eigenvalue weighted by atomic mass is 16.6. The fourth-order valence-electron chi connectivity index (χ4n) is 2.78. The number of hydrogen-bond acceptors (Lipinski definition) is 4. The van der Waals surface area contributed by atoms with Crippen molar-refractivity contribution >= 4 is 17.1 Å². The molecule has 0 atom stereocenters. The summed E-state index contributed by atoms with van der Waals surface area (Å²) in [6, 6.07) is 5.30. The number of non-ortho nitro benzene ring substituents is 1. The van der Waals surface area contributed by atoms with E-state index in [1.165, 1.54) is 31.7 Å². The minimum atomic E-state index is -0.388. The molecule has 0 aromatic heterocycles. The van der Waals surface area contributed by atoms with Crippen LogP contribution in [0.4, 0.5) is 17.1 Å². The van der Waals surface area contributed by atoms with Gasteiger partial charge < -0.3 is 10.6 Å². The highest BCUT2D eigenvalue weighted by molar-refractivity contribution is 5.62. The lowest BCUT2D eigenvalue weighted by Gasteiger charge is -2.29. The molecule has 1 fully saturated rings. The van der Waals surface area contributed by atoms with Crippen LogP contribution in [-0.2, 0) is 0 Å². The topological polar surface area (TPSA) is 72.4 Å². The number of nitro groups is 1. The predicted octanol–water partition coefficient (Wildman–Crippen LogP) is 3.34.